The number of nitrogens with zero attached hydrogens (tertiary/aromatic N) is 1. The molecule has 20 heavy (non-hydrogen) atoms. The summed E-state index contributed by atoms with van der Waals surface area (Å²) >= 11 is 0. The molecule has 1 aliphatic heterocycles. The molecule has 0 saturated carbocycles. The second-order valence-corrected chi connectivity index (χ2v) is 5.95. The number of amides is 1. The SMILES string of the molecule is CN(C)C(=O)C(C)(C)[C@@H]1CCOC(c2ccccc2)O1. The second-order valence-electron chi connectivity index (χ2n) is 5.95. The van der Waals surface area contributed by atoms with Crippen LogP contribution in [0.5, 0.6) is 0 Å². The van der Waals surface area contributed by atoms with E-state index in [2.05, 4.69) is 0 Å². The van der Waals surface area contributed by atoms with E-state index in [1.54, 1.807) is 19.0 Å². The van der Waals surface area contributed by atoms with Crippen LogP contribution in [0.4, 0.5) is 0 Å². The van der Waals surface area contributed by atoms with Gasteiger partial charge in [0.25, 0.3) is 0 Å². The lowest BCUT2D eigenvalue weighted by atomic mass is 9.83. The van der Waals surface area contributed by atoms with E-state index in [0.717, 1.165) is 12.0 Å². The fraction of sp³-hybridized carbons (Fsp3) is 0.562. The van der Waals surface area contributed by atoms with Crippen molar-refractivity contribution in [3.05, 3.63) is 35.9 Å². The van der Waals surface area contributed by atoms with Crippen LogP contribution in [-0.4, -0.2) is 37.6 Å². The Balaban J connectivity index is 2.13. The number of hydrogen-bond acceptors (Lipinski definition) is 3. The van der Waals surface area contributed by atoms with Crippen LogP contribution in [-0.2, 0) is 14.3 Å². The van der Waals surface area contributed by atoms with Crippen molar-refractivity contribution in [2.45, 2.75) is 32.7 Å². The molecule has 1 heterocycles. The Morgan fingerprint density at radius 2 is 1.90 bits per heavy atom. The molecule has 1 unspecified atom stereocenters. The fourth-order valence-corrected chi connectivity index (χ4v) is 2.57. The molecular formula is C16H23NO3. The molecule has 1 saturated heterocycles. The van der Waals surface area contributed by atoms with Crippen molar-refractivity contribution in [1.29, 1.82) is 0 Å². The summed E-state index contributed by atoms with van der Waals surface area (Å²) in [6.07, 6.45) is 0.205. The maximum Gasteiger partial charge on any atom is 0.230 e. The zero-order valence-corrected chi connectivity index (χ0v) is 12.6. The van der Waals surface area contributed by atoms with Gasteiger partial charge in [-0.25, -0.2) is 0 Å². The van der Waals surface area contributed by atoms with Gasteiger partial charge in [-0.3, -0.25) is 4.79 Å². The van der Waals surface area contributed by atoms with Crippen LogP contribution < -0.4 is 0 Å². The number of carbonyl (C=O) groups is 1. The molecule has 1 amide bonds. The molecule has 0 bridgehead atoms. The van der Waals surface area contributed by atoms with Gasteiger partial charge in [-0.2, -0.15) is 0 Å². The van der Waals surface area contributed by atoms with Gasteiger partial charge in [0.05, 0.1) is 18.1 Å². The Bertz CT molecular complexity index is 456. The molecule has 1 fully saturated rings. The minimum Gasteiger partial charge on any atom is -0.348 e. The lowest BCUT2D eigenvalue weighted by Gasteiger charge is -2.40. The number of rotatable bonds is 3. The quantitative estimate of drug-likeness (QED) is 0.852. The topological polar surface area (TPSA) is 38.8 Å². The Labute approximate surface area is 120 Å². The normalized spacial score (nSPS) is 23.4. The van der Waals surface area contributed by atoms with Crippen molar-refractivity contribution >= 4 is 5.91 Å². The summed E-state index contributed by atoms with van der Waals surface area (Å²) in [6.45, 7) is 4.48. The molecule has 2 rings (SSSR count). The second kappa shape index (κ2) is 5.94. The van der Waals surface area contributed by atoms with Gasteiger partial charge >= 0.3 is 0 Å². The largest absolute Gasteiger partial charge is 0.348 e. The van der Waals surface area contributed by atoms with E-state index in [0.29, 0.717) is 6.61 Å². The fourth-order valence-electron chi connectivity index (χ4n) is 2.57. The van der Waals surface area contributed by atoms with Gasteiger partial charge in [0.15, 0.2) is 6.29 Å². The van der Waals surface area contributed by atoms with E-state index < -0.39 is 5.41 Å². The van der Waals surface area contributed by atoms with Crippen LogP contribution in [0.1, 0.15) is 32.1 Å². The van der Waals surface area contributed by atoms with Crippen molar-refractivity contribution in [1.82, 2.24) is 4.90 Å². The highest BCUT2D eigenvalue weighted by Gasteiger charge is 2.42. The molecule has 0 radical (unpaired) electrons. The molecule has 0 aromatic heterocycles. The Kier molecular flexibility index (Phi) is 4.45. The summed E-state index contributed by atoms with van der Waals surface area (Å²) in [5.74, 6) is 0.0798. The molecule has 110 valence electrons. The maximum absolute atomic E-state index is 12.3. The standard InChI is InChI=1S/C16H23NO3/c1-16(2,15(18)17(3)4)13-10-11-19-14(20-13)12-8-6-5-7-9-12/h5-9,13-14H,10-11H2,1-4H3/t13-,14?/m0/s1. The highest BCUT2D eigenvalue weighted by molar-refractivity contribution is 5.82. The van der Waals surface area contributed by atoms with Crippen LogP contribution in [0.3, 0.4) is 0 Å². The van der Waals surface area contributed by atoms with Gasteiger partial charge < -0.3 is 14.4 Å². The van der Waals surface area contributed by atoms with Crippen LogP contribution >= 0.6 is 0 Å². The smallest absolute Gasteiger partial charge is 0.230 e. The third-order valence-corrected chi connectivity index (χ3v) is 3.77. The van der Waals surface area contributed by atoms with E-state index in [9.17, 15) is 4.79 Å². The molecule has 1 aliphatic rings. The minimum absolute atomic E-state index is 0.0798. The lowest BCUT2D eigenvalue weighted by Crippen LogP contribution is -2.47. The first-order valence-electron chi connectivity index (χ1n) is 6.96. The maximum atomic E-state index is 12.3. The summed E-state index contributed by atoms with van der Waals surface area (Å²) in [5, 5.41) is 0. The van der Waals surface area contributed by atoms with Crippen molar-refractivity contribution in [2.75, 3.05) is 20.7 Å². The van der Waals surface area contributed by atoms with Crippen molar-refractivity contribution in [2.24, 2.45) is 5.41 Å². The van der Waals surface area contributed by atoms with Crippen LogP contribution in [0, 0.1) is 5.41 Å². The van der Waals surface area contributed by atoms with E-state index in [1.807, 2.05) is 44.2 Å². The third kappa shape index (κ3) is 3.02. The summed E-state index contributed by atoms with van der Waals surface area (Å²) in [6, 6.07) is 9.84. The highest BCUT2D eigenvalue weighted by Crippen LogP contribution is 2.36. The van der Waals surface area contributed by atoms with E-state index in [1.165, 1.54) is 0 Å². The first-order valence-corrected chi connectivity index (χ1v) is 6.96. The Hall–Kier alpha value is -1.39. The van der Waals surface area contributed by atoms with Crippen molar-refractivity contribution < 1.29 is 14.3 Å². The number of carbonyl (C=O) groups excluding carboxylic acids is 1. The molecular weight excluding hydrogens is 254 g/mol. The summed E-state index contributed by atoms with van der Waals surface area (Å²) in [4.78, 5) is 13.9. The number of hydrogen-bond donors (Lipinski definition) is 0. The molecule has 0 N–H and O–H groups in total. The van der Waals surface area contributed by atoms with Crippen molar-refractivity contribution in [3.63, 3.8) is 0 Å². The van der Waals surface area contributed by atoms with Crippen LogP contribution in [0.15, 0.2) is 30.3 Å². The van der Waals surface area contributed by atoms with Gasteiger partial charge in [0.2, 0.25) is 5.91 Å². The van der Waals surface area contributed by atoms with Crippen molar-refractivity contribution in [3.8, 4) is 0 Å². The molecule has 1 aromatic rings. The molecule has 2 atom stereocenters. The lowest BCUT2D eigenvalue weighted by molar-refractivity contribution is -0.240. The summed E-state index contributed by atoms with van der Waals surface area (Å²) < 4.78 is 11.7. The average molecular weight is 277 g/mol. The Morgan fingerprint density at radius 1 is 1.25 bits per heavy atom. The zero-order valence-electron chi connectivity index (χ0n) is 12.6. The van der Waals surface area contributed by atoms with Gasteiger partial charge in [0, 0.05) is 19.7 Å². The first kappa shape index (κ1) is 15.0. The average Bonchev–Trinajstić information content (AvgIpc) is 2.47. The molecule has 0 spiro atoms. The van der Waals surface area contributed by atoms with Gasteiger partial charge in [-0.05, 0) is 20.3 Å². The molecule has 4 nitrogen and oxygen atoms in total. The van der Waals surface area contributed by atoms with Crippen LogP contribution in [0.25, 0.3) is 0 Å². The molecule has 4 heteroatoms. The number of ether oxygens (including phenoxy) is 2. The summed E-state index contributed by atoms with van der Waals surface area (Å²) in [7, 11) is 3.55. The van der Waals surface area contributed by atoms with Gasteiger partial charge in [-0.15, -0.1) is 0 Å². The Morgan fingerprint density at radius 3 is 2.50 bits per heavy atom. The number of benzene rings is 1. The van der Waals surface area contributed by atoms with Gasteiger partial charge in [0.1, 0.15) is 0 Å². The van der Waals surface area contributed by atoms with E-state index in [-0.39, 0.29) is 18.3 Å². The molecule has 1 aromatic carbocycles. The molecule has 0 aliphatic carbocycles. The predicted octanol–water partition coefficient (Wildman–Crippen LogP) is 2.61. The first-order chi connectivity index (χ1) is 9.43. The third-order valence-electron chi connectivity index (χ3n) is 3.77. The van der Waals surface area contributed by atoms with E-state index in [4.69, 9.17) is 9.47 Å². The zero-order chi connectivity index (χ0) is 14.8. The monoisotopic (exact) mass is 277 g/mol. The van der Waals surface area contributed by atoms with E-state index >= 15 is 0 Å². The van der Waals surface area contributed by atoms with Gasteiger partial charge in [-0.1, -0.05) is 30.3 Å². The van der Waals surface area contributed by atoms with Crippen LogP contribution in [0.2, 0.25) is 0 Å². The summed E-state index contributed by atoms with van der Waals surface area (Å²) in [5.41, 5.74) is 0.436. The highest BCUT2D eigenvalue weighted by atomic mass is 16.7. The minimum atomic E-state index is -0.555. The predicted molar refractivity (Wildman–Crippen MR) is 77.1 cm³/mol.